The maximum Gasteiger partial charge on any atom is 0.268 e. The fraction of sp³-hybridized carbons (Fsp3) is 0.148. The minimum Gasteiger partial charge on any atom is -0.347 e. The zero-order chi connectivity index (χ0) is 23.5. The number of rotatable bonds is 5. The third kappa shape index (κ3) is 4.58. The Kier molecular flexibility index (Phi) is 6.14. The minimum atomic E-state index is -0.159. The summed E-state index contributed by atoms with van der Waals surface area (Å²) in [6.45, 7) is 1.30. The average molecular weight is 471 g/mol. The number of carbonyl (C=O) groups is 2. The van der Waals surface area contributed by atoms with Gasteiger partial charge in [-0.15, -0.1) is 0 Å². The second kappa shape index (κ2) is 9.53. The van der Waals surface area contributed by atoms with Crippen LogP contribution in [0, 0.1) is 0 Å². The Labute approximate surface area is 202 Å². The SMILES string of the molecule is O=C(NCc1cccnc1)c1ccc2n1Cc1ccccc1N(C(=O)Cc1ccc(Cl)cc1)C2. The number of anilines is 1. The molecule has 3 heterocycles. The molecule has 1 aliphatic heterocycles. The van der Waals surface area contributed by atoms with E-state index in [0.717, 1.165) is 28.1 Å². The van der Waals surface area contributed by atoms with Crippen molar-refractivity contribution in [2.75, 3.05) is 4.90 Å². The highest BCUT2D eigenvalue weighted by Crippen LogP contribution is 2.29. The van der Waals surface area contributed by atoms with Crippen molar-refractivity contribution >= 4 is 29.1 Å². The molecule has 0 saturated carbocycles. The molecule has 1 N–H and O–H groups in total. The molecule has 34 heavy (non-hydrogen) atoms. The van der Waals surface area contributed by atoms with Crippen LogP contribution in [-0.2, 0) is 30.8 Å². The largest absolute Gasteiger partial charge is 0.347 e. The lowest BCUT2D eigenvalue weighted by Gasteiger charge is -2.23. The monoisotopic (exact) mass is 470 g/mol. The van der Waals surface area contributed by atoms with Gasteiger partial charge < -0.3 is 14.8 Å². The number of nitrogens with one attached hydrogen (secondary N) is 1. The molecule has 0 bridgehead atoms. The summed E-state index contributed by atoms with van der Waals surface area (Å²) in [5, 5.41) is 3.62. The van der Waals surface area contributed by atoms with E-state index < -0.39 is 0 Å². The average Bonchev–Trinajstić information content (AvgIpc) is 3.17. The van der Waals surface area contributed by atoms with Gasteiger partial charge in [0.2, 0.25) is 5.91 Å². The van der Waals surface area contributed by atoms with Crippen molar-refractivity contribution in [1.82, 2.24) is 14.9 Å². The summed E-state index contributed by atoms with van der Waals surface area (Å²) < 4.78 is 1.99. The molecule has 2 aromatic carbocycles. The number of carbonyl (C=O) groups excluding carboxylic acids is 2. The molecule has 0 saturated heterocycles. The molecule has 0 aliphatic carbocycles. The quantitative estimate of drug-likeness (QED) is 0.463. The van der Waals surface area contributed by atoms with Crippen molar-refractivity contribution in [2.24, 2.45) is 0 Å². The van der Waals surface area contributed by atoms with Crippen LogP contribution in [0.2, 0.25) is 5.02 Å². The molecule has 7 heteroatoms. The lowest BCUT2D eigenvalue weighted by molar-refractivity contribution is -0.118. The number of hydrogen-bond donors (Lipinski definition) is 1. The van der Waals surface area contributed by atoms with Crippen molar-refractivity contribution in [3.8, 4) is 0 Å². The topological polar surface area (TPSA) is 67.2 Å². The van der Waals surface area contributed by atoms with Gasteiger partial charge in [0.05, 0.1) is 19.5 Å². The predicted octanol–water partition coefficient (Wildman–Crippen LogP) is 4.60. The van der Waals surface area contributed by atoms with Gasteiger partial charge in [0.1, 0.15) is 5.69 Å². The number of pyridine rings is 1. The third-order valence-electron chi connectivity index (χ3n) is 5.98. The lowest BCUT2D eigenvalue weighted by atomic mass is 10.1. The molecule has 4 aromatic rings. The summed E-state index contributed by atoms with van der Waals surface area (Å²) in [5.41, 5.74) is 5.17. The predicted molar refractivity (Wildman–Crippen MR) is 132 cm³/mol. The van der Waals surface area contributed by atoms with Crippen LogP contribution in [0.4, 0.5) is 5.69 Å². The van der Waals surface area contributed by atoms with Crippen LogP contribution in [0.15, 0.2) is 85.2 Å². The summed E-state index contributed by atoms with van der Waals surface area (Å²) >= 11 is 5.99. The first kappa shape index (κ1) is 21.9. The molecular weight excluding hydrogens is 448 g/mol. The van der Waals surface area contributed by atoms with E-state index in [4.69, 9.17) is 11.6 Å². The van der Waals surface area contributed by atoms with Gasteiger partial charge in [0.15, 0.2) is 0 Å². The summed E-state index contributed by atoms with van der Waals surface area (Å²) in [7, 11) is 0. The molecule has 2 amide bonds. The number of para-hydroxylation sites is 1. The van der Waals surface area contributed by atoms with Crippen molar-refractivity contribution in [3.05, 3.63) is 118 Å². The maximum atomic E-state index is 13.4. The number of benzene rings is 2. The molecule has 5 rings (SSSR count). The van der Waals surface area contributed by atoms with E-state index in [2.05, 4.69) is 10.3 Å². The van der Waals surface area contributed by atoms with Crippen molar-refractivity contribution in [2.45, 2.75) is 26.1 Å². The van der Waals surface area contributed by atoms with Crippen LogP contribution in [0.3, 0.4) is 0 Å². The number of nitrogens with zero attached hydrogens (tertiary/aromatic N) is 3. The smallest absolute Gasteiger partial charge is 0.268 e. The second-order valence-corrected chi connectivity index (χ2v) is 8.69. The van der Waals surface area contributed by atoms with Gasteiger partial charge >= 0.3 is 0 Å². The minimum absolute atomic E-state index is 0.00741. The first-order chi connectivity index (χ1) is 16.6. The van der Waals surface area contributed by atoms with Crippen molar-refractivity contribution in [1.29, 1.82) is 0 Å². The molecule has 0 spiro atoms. The van der Waals surface area contributed by atoms with E-state index in [-0.39, 0.29) is 18.2 Å². The molecule has 0 fully saturated rings. The highest BCUT2D eigenvalue weighted by molar-refractivity contribution is 6.30. The number of fused-ring (bicyclic) bond motifs is 2. The summed E-state index contributed by atoms with van der Waals surface area (Å²) in [6, 6.07) is 22.7. The number of hydrogen-bond acceptors (Lipinski definition) is 3. The fourth-order valence-electron chi connectivity index (χ4n) is 4.23. The molecule has 1 aliphatic rings. The number of halogens is 1. The normalized spacial score (nSPS) is 12.4. The summed E-state index contributed by atoms with van der Waals surface area (Å²) in [4.78, 5) is 32.3. The standard InChI is InChI=1S/C27H23ClN4O2/c28-22-9-7-19(8-10-22)14-26(33)32-18-23-11-12-25(27(34)30-16-20-4-3-13-29-15-20)31(23)17-21-5-1-2-6-24(21)32/h1-13,15H,14,16-18H2,(H,30,34). The van der Waals surface area contributed by atoms with Crippen LogP contribution >= 0.6 is 11.6 Å². The van der Waals surface area contributed by atoms with Crippen molar-refractivity contribution in [3.63, 3.8) is 0 Å². The zero-order valence-corrected chi connectivity index (χ0v) is 19.2. The second-order valence-electron chi connectivity index (χ2n) is 8.25. The Hall–Kier alpha value is -3.90. The van der Waals surface area contributed by atoms with E-state index in [9.17, 15) is 9.59 Å². The van der Waals surface area contributed by atoms with E-state index in [0.29, 0.717) is 30.4 Å². The Morgan fingerprint density at radius 1 is 0.912 bits per heavy atom. The molecular formula is C27H23ClN4O2. The van der Waals surface area contributed by atoms with E-state index in [1.807, 2.05) is 65.2 Å². The van der Waals surface area contributed by atoms with Crippen LogP contribution in [0.5, 0.6) is 0 Å². The Morgan fingerprint density at radius 3 is 2.53 bits per heavy atom. The Balaban J connectivity index is 1.41. The van der Waals surface area contributed by atoms with E-state index >= 15 is 0 Å². The van der Waals surface area contributed by atoms with Crippen LogP contribution in [0.1, 0.15) is 32.9 Å². The summed E-state index contributed by atoms with van der Waals surface area (Å²) in [5.74, 6) is -0.166. The van der Waals surface area contributed by atoms with E-state index in [1.165, 1.54) is 0 Å². The maximum absolute atomic E-state index is 13.4. The molecule has 0 atom stereocenters. The molecule has 0 unspecified atom stereocenters. The number of aromatic nitrogens is 2. The van der Waals surface area contributed by atoms with Crippen molar-refractivity contribution < 1.29 is 9.59 Å². The van der Waals surface area contributed by atoms with Gasteiger partial charge in [0, 0.05) is 35.3 Å². The van der Waals surface area contributed by atoms with Crippen LogP contribution in [0.25, 0.3) is 0 Å². The van der Waals surface area contributed by atoms with Gasteiger partial charge in [-0.25, -0.2) is 0 Å². The fourth-order valence-corrected chi connectivity index (χ4v) is 4.35. The van der Waals surface area contributed by atoms with Crippen LogP contribution < -0.4 is 10.2 Å². The van der Waals surface area contributed by atoms with Gasteiger partial charge in [-0.05, 0) is 53.1 Å². The molecule has 0 radical (unpaired) electrons. The highest BCUT2D eigenvalue weighted by Gasteiger charge is 2.26. The molecule has 6 nitrogen and oxygen atoms in total. The number of amides is 2. The highest BCUT2D eigenvalue weighted by atomic mass is 35.5. The third-order valence-corrected chi connectivity index (χ3v) is 6.23. The van der Waals surface area contributed by atoms with Crippen LogP contribution in [-0.4, -0.2) is 21.4 Å². The lowest BCUT2D eigenvalue weighted by Crippen LogP contribution is -2.32. The Bertz CT molecular complexity index is 1330. The van der Waals surface area contributed by atoms with Gasteiger partial charge in [-0.3, -0.25) is 14.6 Å². The molecule has 2 aromatic heterocycles. The first-order valence-corrected chi connectivity index (χ1v) is 11.4. The summed E-state index contributed by atoms with van der Waals surface area (Å²) in [6.07, 6.45) is 3.71. The Morgan fingerprint density at radius 2 is 1.74 bits per heavy atom. The zero-order valence-electron chi connectivity index (χ0n) is 18.4. The van der Waals surface area contributed by atoms with Gasteiger partial charge in [0.25, 0.3) is 5.91 Å². The molecule has 170 valence electrons. The first-order valence-electron chi connectivity index (χ1n) is 11.1. The van der Waals surface area contributed by atoms with Gasteiger partial charge in [-0.2, -0.15) is 0 Å². The van der Waals surface area contributed by atoms with E-state index in [1.54, 1.807) is 29.4 Å². The van der Waals surface area contributed by atoms with Gasteiger partial charge in [-0.1, -0.05) is 48.0 Å².